The lowest BCUT2D eigenvalue weighted by atomic mass is 9.90. The molecule has 120 valence electrons. The number of likely N-dealkylation sites (tertiary alicyclic amines) is 1. The van der Waals surface area contributed by atoms with Gasteiger partial charge in [-0.15, -0.1) is 0 Å². The van der Waals surface area contributed by atoms with Crippen molar-refractivity contribution < 1.29 is 23.8 Å². The summed E-state index contributed by atoms with van der Waals surface area (Å²) in [7, 11) is 1.45. The third kappa shape index (κ3) is 2.90. The Labute approximate surface area is 132 Å². The molecule has 3 rings (SSSR count). The molecule has 1 N–H and O–H groups in total. The number of nitrogens with zero attached hydrogens (tertiary/aromatic N) is 2. The van der Waals surface area contributed by atoms with Crippen molar-refractivity contribution in [2.45, 2.75) is 5.92 Å². The maximum atomic E-state index is 12.5. The molecule has 0 aromatic carbocycles. The predicted octanol–water partition coefficient (Wildman–Crippen LogP) is 1.62. The molecule has 0 bridgehead atoms. The highest BCUT2D eigenvalue weighted by atomic mass is 16.6. The molecule has 0 unspecified atom stereocenters. The van der Waals surface area contributed by atoms with Gasteiger partial charge in [0, 0.05) is 37.5 Å². The number of aromatic nitrogens is 1. The van der Waals surface area contributed by atoms with E-state index >= 15 is 0 Å². The molecule has 2 aromatic heterocycles. The molecule has 7 nitrogen and oxygen atoms in total. The molecule has 0 spiro atoms. The molecule has 1 fully saturated rings. The fraction of sp³-hybridized carbons (Fsp3) is 0.312. The van der Waals surface area contributed by atoms with Gasteiger partial charge in [-0.05, 0) is 17.7 Å². The van der Waals surface area contributed by atoms with Crippen LogP contribution in [0.25, 0.3) is 0 Å². The third-order valence-corrected chi connectivity index (χ3v) is 4.03. The topological polar surface area (TPSA) is 92.9 Å². The second kappa shape index (κ2) is 6.12. The molecule has 0 aliphatic carbocycles. The minimum absolute atomic E-state index is 0.136. The van der Waals surface area contributed by atoms with Gasteiger partial charge >= 0.3 is 5.97 Å². The zero-order chi connectivity index (χ0) is 16.4. The zero-order valence-corrected chi connectivity index (χ0v) is 12.5. The van der Waals surface area contributed by atoms with Crippen LogP contribution in [0.1, 0.15) is 22.0 Å². The maximum Gasteiger partial charge on any atom is 0.308 e. The van der Waals surface area contributed by atoms with E-state index in [0.29, 0.717) is 6.54 Å². The van der Waals surface area contributed by atoms with Crippen LogP contribution in [-0.2, 0) is 4.79 Å². The smallest absolute Gasteiger partial charge is 0.308 e. The Balaban J connectivity index is 1.82. The fourth-order valence-electron chi connectivity index (χ4n) is 2.85. The van der Waals surface area contributed by atoms with Gasteiger partial charge in [0.15, 0.2) is 5.76 Å². The van der Waals surface area contributed by atoms with Gasteiger partial charge in [-0.1, -0.05) is 6.07 Å². The van der Waals surface area contributed by atoms with Crippen LogP contribution >= 0.6 is 0 Å². The molecule has 0 saturated carbocycles. The van der Waals surface area contributed by atoms with E-state index in [1.807, 2.05) is 6.07 Å². The van der Waals surface area contributed by atoms with Gasteiger partial charge in [0.2, 0.25) is 0 Å². The van der Waals surface area contributed by atoms with Crippen LogP contribution < -0.4 is 4.74 Å². The number of hydrogen-bond acceptors (Lipinski definition) is 5. The molecule has 23 heavy (non-hydrogen) atoms. The van der Waals surface area contributed by atoms with Crippen LogP contribution in [0.2, 0.25) is 0 Å². The summed E-state index contributed by atoms with van der Waals surface area (Å²) in [5.41, 5.74) is 0.812. The number of aliphatic carboxylic acids is 1. The summed E-state index contributed by atoms with van der Waals surface area (Å²) in [5.74, 6) is -1.84. The van der Waals surface area contributed by atoms with Crippen LogP contribution in [0.15, 0.2) is 41.1 Å². The lowest BCUT2D eigenvalue weighted by Crippen LogP contribution is -2.29. The molecular weight excluding hydrogens is 300 g/mol. The predicted molar refractivity (Wildman–Crippen MR) is 79.3 cm³/mol. The zero-order valence-electron chi connectivity index (χ0n) is 12.5. The van der Waals surface area contributed by atoms with Crippen molar-refractivity contribution in [3.63, 3.8) is 0 Å². The summed E-state index contributed by atoms with van der Waals surface area (Å²) < 4.78 is 10.2. The monoisotopic (exact) mass is 316 g/mol. The van der Waals surface area contributed by atoms with E-state index in [0.717, 1.165) is 5.56 Å². The largest absolute Gasteiger partial charge is 0.481 e. The summed E-state index contributed by atoms with van der Waals surface area (Å²) in [6.07, 6.45) is 3.27. The number of carboxylic acid groups (broad SMARTS) is 1. The number of methoxy groups -OCH3 is 1. The minimum atomic E-state index is -0.925. The summed E-state index contributed by atoms with van der Waals surface area (Å²) in [6, 6.07) is 6.67. The van der Waals surface area contributed by atoms with E-state index in [2.05, 4.69) is 4.98 Å². The number of furan rings is 1. The molecule has 1 amide bonds. The first-order valence-corrected chi connectivity index (χ1v) is 7.16. The Hall–Kier alpha value is -2.83. The van der Waals surface area contributed by atoms with Crippen molar-refractivity contribution >= 4 is 11.9 Å². The Morgan fingerprint density at radius 2 is 2.17 bits per heavy atom. The first kappa shape index (κ1) is 15.1. The lowest BCUT2D eigenvalue weighted by Gasteiger charge is -2.15. The number of carbonyl (C=O) groups is 2. The standard InChI is InChI=1S/C16H16N2O5/c1-22-14-5-4-13(23-14)15(19)18-8-11(12(9-18)16(20)21)10-3-2-6-17-7-10/h2-7,11-12H,8-9H2,1H3,(H,20,21)/t11-,12+/m0/s1. The molecule has 1 aliphatic heterocycles. The number of pyridine rings is 1. The van der Waals surface area contributed by atoms with Crippen molar-refractivity contribution in [1.82, 2.24) is 9.88 Å². The van der Waals surface area contributed by atoms with Crippen molar-refractivity contribution in [3.05, 3.63) is 48.0 Å². The van der Waals surface area contributed by atoms with E-state index in [4.69, 9.17) is 9.15 Å². The van der Waals surface area contributed by atoms with Crippen LogP contribution in [0, 0.1) is 5.92 Å². The molecule has 1 aliphatic rings. The van der Waals surface area contributed by atoms with Gasteiger partial charge in [-0.2, -0.15) is 0 Å². The molecule has 1 saturated heterocycles. The first-order chi connectivity index (χ1) is 11.1. The summed E-state index contributed by atoms with van der Waals surface area (Å²) in [4.78, 5) is 29.6. The number of hydrogen-bond donors (Lipinski definition) is 1. The van der Waals surface area contributed by atoms with E-state index in [-0.39, 0.29) is 30.1 Å². The highest BCUT2D eigenvalue weighted by molar-refractivity contribution is 5.92. The van der Waals surface area contributed by atoms with Gasteiger partial charge < -0.3 is 19.2 Å². The van der Waals surface area contributed by atoms with Crippen LogP contribution in [-0.4, -0.2) is 47.1 Å². The number of amides is 1. The van der Waals surface area contributed by atoms with Crippen LogP contribution in [0.5, 0.6) is 5.95 Å². The summed E-state index contributed by atoms with van der Waals surface area (Å²) in [5, 5.41) is 9.46. The molecule has 7 heteroatoms. The van der Waals surface area contributed by atoms with Gasteiger partial charge in [0.05, 0.1) is 13.0 Å². The SMILES string of the molecule is COc1ccc(C(=O)N2C[C@@H](C(=O)O)[C@H](c3cccnc3)C2)o1. The Morgan fingerprint density at radius 3 is 2.78 bits per heavy atom. The molecular formula is C16H16N2O5. The van der Waals surface area contributed by atoms with Gasteiger partial charge in [-0.25, -0.2) is 0 Å². The highest BCUT2D eigenvalue weighted by Crippen LogP contribution is 2.33. The molecule has 0 radical (unpaired) electrons. The molecule has 2 aromatic rings. The molecule has 2 atom stereocenters. The van der Waals surface area contributed by atoms with Crippen LogP contribution in [0.3, 0.4) is 0 Å². The highest BCUT2D eigenvalue weighted by Gasteiger charge is 2.41. The van der Waals surface area contributed by atoms with E-state index in [1.165, 1.54) is 18.1 Å². The van der Waals surface area contributed by atoms with E-state index in [1.54, 1.807) is 24.5 Å². The van der Waals surface area contributed by atoms with E-state index in [9.17, 15) is 14.7 Å². The van der Waals surface area contributed by atoms with Gasteiger partial charge in [-0.3, -0.25) is 14.6 Å². The Kier molecular flexibility index (Phi) is 4.01. The van der Waals surface area contributed by atoms with Crippen molar-refractivity contribution in [1.29, 1.82) is 0 Å². The van der Waals surface area contributed by atoms with Crippen LogP contribution in [0.4, 0.5) is 0 Å². The summed E-state index contributed by atoms with van der Waals surface area (Å²) in [6.45, 7) is 0.446. The quantitative estimate of drug-likeness (QED) is 0.921. The molecule has 3 heterocycles. The van der Waals surface area contributed by atoms with Gasteiger partial charge in [0.1, 0.15) is 0 Å². The normalized spacial score (nSPS) is 20.5. The second-order valence-electron chi connectivity index (χ2n) is 5.37. The van der Waals surface area contributed by atoms with Crippen molar-refractivity contribution in [2.75, 3.05) is 20.2 Å². The number of carboxylic acids is 1. The second-order valence-corrected chi connectivity index (χ2v) is 5.37. The average Bonchev–Trinajstić information content (AvgIpc) is 3.22. The Bertz CT molecular complexity index is 712. The van der Waals surface area contributed by atoms with Crippen molar-refractivity contribution in [3.8, 4) is 5.95 Å². The average molecular weight is 316 g/mol. The number of ether oxygens (including phenoxy) is 1. The van der Waals surface area contributed by atoms with Gasteiger partial charge in [0.25, 0.3) is 11.9 Å². The third-order valence-electron chi connectivity index (χ3n) is 4.03. The lowest BCUT2D eigenvalue weighted by molar-refractivity contribution is -0.141. The number of carbonyl (C=O) groups excluding carboxylic acids is 1. The summed E-state index contributed by atoms with van der Waals surface area (Å²) >= 11 is 0. The van der Waals surface area contributed by atoms with Crippen molar-refractivity contribution in [2.24, 2.45) is 5.92 Å². The maximum absolute atomic E-state index is 12.5. The fourth-order valence-corrected chi connectivity index (χ4v) is 2.85. The van der Waals surface area contributed by atoms with E-state index < -0.39 is 11.9 Å². The minimum Gasteiger partial charge on any atom is -0.481 e. The first-order valence-electron chi connectivity index (χ1n) is 7.16. The number of rotatable bonds is 4. The Morgan fingerprint density at radius 1 is 1.35 bits per heavy atom.